The van der Waals surface area contributed by atoms with Gasteiger partial charge in [-0.05, 0) is 44.9 Å². The van der Waals surface area contributed by atoms with Gasteiger partial charge < -0.3 is 5.11 Å². The van der Waals surface area contributed by atoms with Crippen molar-refractivity contribution in [3.8, 4) is 0 Å². The summed E-state index contributed by atoms with van der Waals surface area (Å²) in [5, 5.41) is 17.1. The second kappa shape index (κ2) is 17.7. The lowest BCUT2D eigenvalue weighted by molar-refractivity contribution is -0.277. The Morgan fingerprint density at radius 1 is 0.917 bits per heavy atom. The standard InChI is InChI=1S/C20H32O4/c1-2-3-4-5-6-7-8-9-10-11-12-13-14-15-16-17-18-19(24-23)20(21)22/h6-7,9-10,12-15,19,23H,2-5,8,11,16-18H2,1H3,(H,21,22). The molecule has 0 amide bonds. The van der Waals surface area contributed by atoms with Gasteiger partial charge in [0.2, 0.25) is 0 Å². The summed E-state index contributed by atoms with van der Waals surface area (Å²) in [5.41, 5.74) is 0. The minimum absolute atomic E-state index is 0.300. The smallest absolute Gasteiger partial charge is 0.336 e. The van der Waals surface area contributed by atoms with E-state index in [-0.39, 0.29) is 0 Å². The van der Waals surface area contributed by atoms with Gasteiger partial charge in [-0.25, -0.2) is 9.68 Å². The van der Waals surface area contributed by atoms with Crippen molar-refractivity contribution >= 4 is 5.97 Å². The van der Waals surface area contributed by atoms with Crippen molar-refractivity contribution < 1.29 is 20.0 Å². The number of hydrogen-bond donors (Lipinski definition) is 2. The van der Waals surface area contributed by atoms with Crippen molar-refractivity contribution in [2.45, 2.75) is 70.8 Å². The van der Waals surface area contributed by atoms with E-state index in [0.717, 1.165) is 19.3 Å². The molecule has 1 atom stereocenters. The molecule has 0 radical (unpaired) electrons. The van der Waals surface area contributed by atoms with Gasteiger partial charge >= 0.3 is 5.97 Å². The van der Waals surface area contributed by atoms with E-state index < -0.39 is 12.1 Å². The minimum atomic E-state index is -1.14. The lowest BCUT2D eigenvalue weighted by atomic mass is 10.1. The summed E-state index contributed by atoms with van der Waals surface area (Å²) in [6.07, 6.45) is 24.4. The number of aliphatic carboxylic acids is 1. The van der Waals surface area contributed by atoms with E-state index >= 15 is 0 Å². The van der Waals surface area contributed by atoms with Gasteiger partial charge in [-0.15, -0.1) is 0 Å². The highest BCUT2D eigenvalue weighted by Gasteiger charge is 2.16. The van der Waals surface area contributed by atoms with Crippen LogP contribution in [0.3, 0.4) is 0 Å². The first-order valence-electron chi connectivity index (χ1n) is 8.87. The molecule has 0 bridgehead atoms. The van der Waals surface area contributed by atoms with Crippen molar-refractivity contribution in [3.63, 3.8) is 0 Å². The normalized spacial score (nSPS) is 13.8. The SMILES string of the molecule is CCCCCC=CCC=CCC=CC=CCCCC(OO)C(=O)O. The molecule has 0 aliphatic heterocycles. The van der Waals surface area contributed by atoms with Crippen LogP contribution in [0.5, 0.6) is 0 Å². The predicted molar refractivity (Wildman–Crippen MR) is 98.9 cm³/mol. The molecule has 0 fully saturated rings. The zero-order valence-electron chi connectivity index (χ0n) is 14.8. The van der Waals surface area contributed by atoms with Gasteiger partial charge in [0, 0.05) is 0 Å². The fraction of sp³-hybridized carbons (Fsp3) is 0.550. The van der Waals surface area contributed by atoms with Crippen molar-refractivity contribution in [2.75, 3.05) is 0 Å². The monoisotopic (exact) mass is 336 g/mol. The number of carboxylic acid groups (broad SMARTS) is 1. The number of allylic oxidation sites excluding steroid dienone is 8. The van der Waals surface area contributed by atoms with Crippen LogP contribution in [-0.4, -0.2) is 22.4 Å². The van der Waals surface area contributed by atoms with Crippen LogP contribution >= 0.6 is 0 Å². The first-order chi connectivity index (χ1) is 11.7. The lowest BCUT2D eigenvalue weighted by Gasteiger charge is -2.05. The number of carboxylic acids is 1. The predicted octanol–water partition coefficient (Wildman–Crippen LogP) is 5.68. The first kappa shape index (κ1) is 22.4. The maximum atomic E-state index is 10.6. The highest BCUT2D eigenvalue weighted by Crippen LogP contribution is 2.05. The summed E-state index contributed by atoms with van der Waals surface area (Å²) < 4.78 is 0. The quantitative estimate of drug-likeness (QED) is 0.133. The molecular weight excluding hydrogens is 304 g/mol. The van der Waals surface area contributed by atoms with Gasteiger partial charge in [-0.3, -0.25) is 5.26 Å². The van der Waals surface area contributed by atoms with Crippen LogP contribution < -0.4 is 0 Å². The second-order valence-corrected chi connectivity index (χ2v) is 5.63. The third kappa shape index (κ3) is 15.3. The molecule has 0 aromatic heterocycles. The van der Waals surface area contributed by atoms with E-state index in [2.05, 4.69) is 42.2 Å². The molecule has 136 valence electrons. The van der Waals surface area contributed by atoms with E-state index in [1.807, 2.05) is 18.2 Å². The maximum absolute atomic E-state index is 10.6. The Bertz CT molecular complexity index is 408. The molecule has 0 saturated carbocycles. The van der Waals surface area contributed by atoms with Gasteiger partial charge in [0.05, 0.1) is 0 Å². The molecule has 0 aromatic rings. The van der Waals surface area contributed by atoms with Gasteiger partial charge in [0.25, 0.3) is 0 Å². The van der Waals surface area contributed by atoms with Gasteiger partial charge in [0.15, 0.2) is 6.10 Å². The van der Waals surface area contributed by atoms with Crippen molar-refractivity contribution in [3.05, 3.63) is 48.6 Å². The van der Waals surface area contributed by atoms with Crippen LogP contribution in [0.2, 0.25) is 0 Å². The van der Waals surface area contributed by atoms with Crippen molar-refractivity contribution in [2.24, 2.45) is 0 Å². The molecule has 0 saturated heterocycles. The molecule has 4 heteroatoms. The van der Waals surface area contributed by atoms with Crippen LogP contribution in [0.1, 0.15) is 64.7 Å². The van der Waals surface area contributed by atoms with Crippen molar-refractivity contribution in [1.29, 1.82) is 0 Å². The molecular formula is C20H32O4. The molecule has 24 heavy (non-hydrogen) atoms. The molecule has 2 N–H and O–H groups in total. The van der Waals surface area contributed by atoms with Crippen molar-refractivity contribution in [1.82, 2.24) is 0 Å². The molecule has 0 aromatic carbocycles. The summed E-state index contributed by atoms with van der Waals surface area (Å²) in [6.45, 7) is 2.22. The van der Waals surface area contributed by atoms with Crippen LogP contribution in [0, 0.1) is 0 Å². The number of carbonyl (C=O) groups is 1. The van der Waals surface area contributed by atoms with E-state index in [4.69, 9.17) is 10.4 Å². The third-order valence-electron chi connectivity index (χ3n) is 3.48. The zero-order valence-corrected chi connectivity index (χ0v) is 14.8. The fourth-order valence-electron chi connectivity index (χ4n) is 2.05. The molecule has 0 spiro atoms. The Morgan fingerprint density at radius 2 is 1.54 bits per heavy atom. The Balaban J connectivity index is 3.57. The molecule has 0 heterocycles. The Hall–Kier alpha value is -1.65. The highest BCUT2D eigenvalue weighted by molar-refractivity contribution is 5.72. The summed E-state index contributed by atoms with van der Waals surface area (Å²) in [4.78, 5) is 14.5. The van der Waals surface area contributed by atoms with E-state index in [0.29, 0.717) is 12.8 Å². The zero-order chi connectivity index (χ0) is 17.9. The summed E-state index contributed by atoms with van der Waals surface area (Å²) in [6, 6.07) is 0. The second-order valence-electron chi connectivity index (χ2n) is 5.63. The summed E-state index contributed by atoms with van der Waals surface area (Å²) in [5.74, 6) is -1.14. The molecule has 0 aliphatic carbocycles. The molecule has 1 unspecified atom stereocenters. The maximum Gasteiger partial charge on any atom is 0.336 e. The van der Waals surface area contributed by atoms with E-state index in [1.54, 1.807) is 0 Å². The Kier molecular flexibility index (Phi) is 16.5. The average molecular weight is 336 g/mol. The molecule has 4 nitrogen and oxygen atoms in total. The fourth-order valence-corrected chi connectivity index (χ4v) is 2.05. The summed E-state index contributed by atoms with van der Waals surface area (Å²) in [7, 11) is 0. The summed E-state index contributed by atoms with van der Waals surface area (Å²) >= 11 is 0. The molecule has 0 aliphatic rings. The Morgan fingerprint density at radius 3 is 2.21 bits per heavy atom. The van der Waals surface area contributed by atoms with Gasteiger partial charge in [-0.2, -0.15) is 0 Å². The first-order valence-corrected chi connectivity index (χ1v) is 8.87. The van der Waals surface area contributed by atoms with E-state index in [1.165, 1.54) is 25.7 Å². The minimum Gasteiger partial charge on any atom is -0.479 e. The average Bonchev–Trinajstić information content (AvgIpc) is 2.57. The van der Waals surface area contributed by atoms with Gasteiger partial charge in [0.1, 0.15) is 0 Å². The largest absolute Gasteiger partial charge is 0.479 e. The lowest BCUT2D eigenvalue weighted by Crippen LogP contribution is -2.22. The van der Waals surface area contributed by atoms with Gasteiger partial charge in [-0.1, -0.05) is 68.4 Å². The number of hydrogen-bond acceptors (Lipinski definition) is 3. The van der Waals surface area contributed by atoms with Crippen LogP contribution in [-0.2, 0) is 9.68 Å². The Labute approximate surface area is 146 Å². The van der Waals surface area contributed by atoms with Crippen LogP contribution in [0.4, 0.5) is 0 Å². The topological polar surface area (TPSA) is 66.8 Å². The third-order valence-corrected chi connectivity index (χ3v) is 3.48. The van der Waals surface area contributed by atoms with Crippen LogP contribution in [0.15, 0.2) is 48.6 Å². The number of rotatable bonds is 15. The number of unbranched alkanes of at least 4 members (excludes halogenated alkanes) is 4. The van der Waals surface area contributed by atoms with E-state index in [9.17, 15) is 4.79 Å². The highest BCUT2D eigenvalue weighted by atomic mass is 17.1. The van der Waals surface area contributed by atoms with Crippen LogP contribution in [0.25, 0.3) is 0 Å². The molecule has 0 rings (SSSR count).